The molecule has 2 aromatic carbocycles. The van der Waals surface area contributed by atoms with E-state index < -0.39 is 0 Å². The number of thiol groups is 1. The van der Waals surface area contributed by atoms with Crippen molar-refractivity contribution in [3.05, 3.63) is 59.7 Å². The minimum absolute atomic E-state index is 0.430. The Bertz CT molecular complexity index is 565. The first-order chi connectivity index (χ1) is 11.2. The van der Waals surface area contributed by atoms with Crippen LogP contribution in [0.1, 0.15) is 36.8 Å². The van der Waals surface area contributed by atoms with Gasteiger partial charge in [-0.05, 0) is 61.1 Å². The molecule has 3 heteroatoms. The molecule has 0 fully saturated rings. The Morgan fingerprint density at radius 3 is 2.22 bits per heavy atom. The van der Waals surface area contributed by atoms with E-state index in [1.54, 1.807) is 7.11 Å². The molecule has 0 aliphatic heterocycles. The van der Waals surface area contributed by atoms with Crippen LogP contribution in [0.15, 0.2) is 48.5 Å². The van der Waals surface area contributed by atoms with E-state index in [0.717, 1.165) is 30.7 Å². The van der Waals surface area contributed by atoms with Gasteiger partial charge in [-0.25, -0.2) is 0 Å². The Hall–Kier alpha value is -1.61. The second-order valence-corrected chi connectivity index (χ2v) is 6.78. The first-order valence-corrected chi connectivity index (χ1v) is 8.84. The van der Waals surface area contributed by atoms with E-state index in [1.807, 2.05) is 24.3 Å². The van der Waals surface area contributed by atoms with Gasteiger partial charge in [-0.3, -0.25) is 0 Å². The van der Waals surface area contributed by atoms with Gasteiger partial charge < -0.3 is 10.5 Å². The second kappa shape index (κ2) is 9.51. The Balaban J connectivity index is 1.60. The van der Waals surface area contributed by atoms with E-state index in [0.29, 0.717) is 5.25 Å². The van der Waals surface area contributed by atoms with Gasteiger partial charge in [0.2, 0.25) is 0 Å². The molecule has 1 atom stereocenters. The van der Waals surface area contributed by atoms with Gasteiger partial charge in [-0.2, -0.15) is 12.6 Å². The predicted octanol–water partition coefficient (Wildman–Crippen LogP) is 4.92. The van der Waals surface area contributed by atoms with Crippen molar-refractivity contribution in [3.63, 3.8) is 0 Å². The van der Waals surface area contributed by atoms with Crippen LogP contribution in [0.2, 0.25) is 0 Å². The Morgan fingerprint density at radius 1 is 0.913 bits per heavy atom. The lowest BCUT2D eigenvalue weighted by Gasteiger charge is -2.11. The summed E-state index contributed by atoms with van der Waals surface area (Å²) in [7, 11) is 1.70. The number of hydrogen-bond acceptors (Lipinski definition) is 3. The molecule has 0 saturated carbocycles. The Morgan fingerprint density at radius 2 is 1.57 bits per heavy atom. The highest BCUT2D eigenvalue weighted by atomic mass is 32.1. The van der Waals surface area contributed by atoms with Crippen LogP contribution in [0.25, 0.3) is 0 Å². The molecule has 2 nitrogen and oxygen atoms in total. The lowest BCUT2D eigenvalue weighted by atomic mass is 10.0. The van der Waals surface area contributed by atoms with Crippen molar-refractivity contribution in [1.82, 2.24) is 0 Å². The SMILES string of the molecule is COc1ccc(CC(S)CCCCCc2ccc(N)cc2)cc1. The maximum Gasteiger partial charge on any atom is 0.118 e. The summed E-state index contributed by atoms with van der Waals surface area (Å²) >= 11 is 4.73. The zero-order chi connectivity index (χ0) is 16.5. The fraction of sp³-hybridized carbons (Fsp3) is 0.400. The molecule has 0 spiro atoms. The van der Waals surface area contributed by atoms with Crippen LogP contribution < -0.4 is 10.5 Å². The molecular formula is C20H27NOS. The normalized spacial score (nSPS) is 12.1. The summed E-state index contributed by atoms with van der Waals surface area (Å²) in [6.45, 7) is 0. The molecule has 0 amide bonds. The summed E-state index contributed by atoms with van der Waals surface area (Å²) in [5.74, 6) is 0.909. The van der Waals surface area contributed by atoms with Crippen LogP contribution in [0.4, 0.5) is 5.69 Å². The highest BCUT2D eigenvalue weighted by Gasteiger charge is 2.05. The molecule has 1 unspecified atom stereocenters. The smallest absolute Gasteiger partial charge is 0.118 e. The minimum atomic E-state index is 0.430. The molecule has 0 saturated heterocycles. The number of nitrogens with two attached hydrogens (primary N) is 1. The van der Waals surface area contributed by atoms with Crippen molar-refractivity contribution >= 4 is 18.3 Å². The fourth-order valence-corrected chi connectivity index (χ4v) is 3.10. The van der Waals surface area contributed by atoms with Crippen molar-refractivity contribution in [2.45, 2.75) is 43.8 Å². The van der Waals surface area contributed by atoms with Gasteiger partial charge in [0.15, 0.2) is 0 Å². The highest BCUT2D eigenvalue weighted by molar-refractivity contribution is 7.80. The summed E-state index contributed by atoms with van der Waals surface area (Å²) in [5, 5.41) is 0.430. The summed E-state index contributed by atoms with van der Waals surface area (Å²) in [4.78, 5) is 0. The number of benzene rings is 2. The van der Waals surface area contributed by atoms with E-state index in [2.05, 4.69) is 24.3 Å². The number of aryl methyl sites for hydroxylation is 1. The average Bonchev–Trinajstić information content (AvgIpc) is 2.57. The lowest BCUT2D eigenvalue weighted by Crippen LogP contribution is -2.03. The highest BCUT2D eigenvalue weighted by Crippen LogP contribution is 2.18. The van der Waals surface area contributed by atoms with Gasteiger partial charge >= 0.3 is 0 Å². The van der Waals surface area contributed by atoms with Crippen molar-refractivity contribution in [1.29, 1.82) is 0 Å². The first-order valence-electron chi connectivity index (χ1n) is 8.33. The molecule has 0 aromatic heterocycles. The number of unbranched alkanes of at least 4 members (excludes halogenated alkanes) is 2. The van der Waals surface area contributed by atoms with Gasteiger partial charge in [0.05, 0.1) is 7.11 Å². The Kier molecular flexibility index (Phi) is 7.34. The van der Waals surface area contributed by atoms with Crippen LogP contribution in [-0.2, 0) is 12.8 Å². The first kappa shape index (κ1) is 17.7. The molecule has 23 heavy (non-hydrogen) atoms. The summed E-state index contributed by atoms with van der Waals surface area (Å²) in [5.41, 5.74) is 9.24. The number of methoxy groups -OCH3 is 1. The van der Waals surface area contributed by atoms with E-state index in [1.165, 1.54) is 30.4 Å². The van der Waals surface area contributed by atoms with E-state index in [-0.39, 0.29) is 0 Å². The van der Waals surface area contributed by atoms with Crippen LogP contribution in [0.3, 0.4) is 0 Å². The van der Waals surface area contributed by atoms with Crippen molar-refractivity contribution in [2.24, 2.45) is 0 Å². The van der Waals surface area contributed by atoms with Crippen molar-refractivity contribution < 1.29 is 4.74 Å². The maximum atomic E-state index is 5.70. The third-order valence-electron chi connectivity index (χ3n) is 4.11. The minimum Gasteiger partial charge on any atom is -0.497 e. The molecule has 2 rings (SSSR count). The monoisotopic (exact) mass is 329 g/mol. The van der Waals surface area contributed by atoms with Crippen LogP contribution in [0.5, 0.6) is 5.75 Å². The number of anilines is 1. The molecule has 2 aromatic rings. The molecule has 0 aliphatic rings. The van der Waals surface area contributed by atoms with Crippen LogP contribution in [0, 0.1) is 0 Å². The Labute approximate surface area is 145 Å². The zero-order valence-corrected chi connectivity index (χ0v) is 14.8. The summed E-state index contributed by atoms with van der Waals surface area (Å²) in [6.07, 6.45) is 7.04. The van der Waals surface area contributed by atoms with Crippen LogP contribution in [-0.4, -0.2) is 12.4 Å². The van der Waals surface area contributed by atoms with Gasteiger partial charge in [-0.1, -0.05) is 37.1 Å². The van der Waals surface area contributed by atoms with Crippen molar-refractivity contribution in [2.75, 3.05) is 12.8 Å². The predicted molar refractivity (Wildman–Crippen MR) is 102 cm³/mol. The quantitative estimate of drug-likeness (QED) is 0.389. The number of nitrogen functional groups attached to an aromatic ring is 1. The third-order valence-corrected chi connectivity index (χ3v) is 4.55. The molecular weight excluding hydrogens is 302 g/mol. The molecule has 0 aliphatic carbocycles. The largest absolute Gasteiger partial charge is 0.497 e. The van der Waals surface area contributed by atoms with E-state index >= 15 is 0 Å². The van der Waals surface area contributed by atoms with Gasteiger partial charge in [0, 0.05) is 10.9 Å². The average molecular weight is 330 g/mol. The number of rotatable bonds is 9. The lowest BCUT2D eigenvalue weighted by molar-refractivity contribution is 0.414. The molecule has 0 bridgehead atoms. The topological polar surface area (TPSA) is 35.2 Å². The van der Waals surface area contributed by atoms with Gasteiger partial charge in [0.1, 0.15) is 5.75 Å². The van der Waals surface area contributed by atoms with Crippen molar-refractivity contribution in [3.8, 4) is 5.75 Å². The summed E-state index contributed by atoms with van der Waals surface area (Å²) in [6, 6.07) is 16.5. The zero-order valence-electron chi connectivity index (χ0n) is 13.9. The molecule has 0 radical (unpaired) electrons. The fourth-order valence-electron chi connectivity index (χ4n) is 2.71. The molecule has 0 heterocycles. The molecule has 124 valence electrons. The molecule has 2 N–H and O–H groups in total. The summed E-state index contributed by atoms with van der Waals surface area (Å²) < 4.78 is 5.18. The van der Waals surface area contributed by atoms with Gasteiger partial charge in [0.25, 0.3) is 0 Å². The van der Waals surface area contributed by atoms with Crippen LogP contribution >= 0.6 is 12.6 Å². The third kappa shape index (κ3) is 6.57. The van der Waals surface area contributed by atoms with E-state index in [4.69, 9.17) is 23.1 Å². The number of hydrogen-bond donors (Lipinski definition) is 2. The maximum absolute atomic E-state index is 5.70. The van der Waals surface area contributed by atoms with E-state index in [9.17, 15) is 0 Å². The standard InChI is InChI=1S/C20H27NOS/c1-22-19-13-9-17(10-14-19)15-20(23)6-4-2-3-5-16-7-11-18(21)12-8-16/h7-14,20,23H,2-6,15,21H2,1H3. The second-order valence-electron chi connectivity index (χ2n) is 6.05. The van der Waals surface area contributed by atoms with Gasteiger partial charge in [-0.15, -0.1) is 0 Å². The number of ether oxygens (including phenoxy) is 1.